The molecule has 0 radical (unpaired) electrons. The van der Waals surface area contributed by atoms with Gasteiger partial charge in [-0.1, -0.05) is 66.2 Å². The molecule has 2 aliphatic rings. The average Bonchev–Trinajstić information content (AvgIpc) is 3.75. The van der Waals surface area contributed by atoms with E-state index in [9.17, 15) is 9.59 Å². The second kappa shape index (κ2) is 19.3. The fourth-order valence-corrected chi connectivity index (χ4v) is 5.01. The van der Waals surface area contributed by atoms with Crippen LogP contribution < -0.4 is 5.32 Å². The molecule has 11 nitrogen and oxygen atoms in total. The van der Waals surface area contributed by atoms with Crippen LogP contribution in [0.4, 0.5) is 10.7 Å². The lowest BCUT2D eigenvalue weighted by Crippen LogP contribution is -2.27. The third-order valence-corrected chi connectivity index (χ3v) is 7.37. The molecule has 1 aliphatic carbocycles. The van der Waals surface area contributed by atoms with Gasteiger partial charge in [0, 0.05) is 20.1 Å². The maximum Gasteiger partial charge on any atom is 0.414 e. The number of hydrogen-bond donors (Lipinski definition) is 2. The number of carbonyl (C=O) groups is 2. The zero-order chi connectivity index (χ0) is 35.8. The van der Waals surface area contributed by atoms with Crippen LogP contribution in [0.5, 0.6) is 0 Å². The Balaban J connectivity index is 0.000000210. The fourth-order valence-electron chi connectivity index (χ4n) is 4.79. The first-order valence-corrected chi connectivity index (χ1v) is 16.3. The van der Waals surface area contributed by atoms with E-state index in [2.05, 4.69) is 56.8 Å². The van der Waals surface area contributed by atoms with E-state index >= 15 is 0 Å². The first-order chi connectivity index (χ1) is 23.5. The minimum absolute atomic E-state index is 0.00111. The van der Waals surface area contributed by atoms with Crippen molar-refractivity contribution < 1.29 is 28.5 Å². The number of rotatable bonds is 5. The Morgan fingerprint density at radius 3 is 2.29 bits per heavy atom. The zero-order valence-electron chi connectivity index (χ0n) is 28.4. The Hall–Kier alpha value is -4.76. The van der Waals surface area contributed by atoms with E-state index in [-0.39, 0.29) is 29.5 Å². The summed E-state index contributed by atoms with van der Waals surface area (Å²) in [6.45, 7) is 10.1. The summed E-state index contributed by atoms with van der Waals surface area (Å²) in [5, 5.41) is 2.58. The van der Waals surface area contributed by atoms with Gasteiger partial charge in [-0.05, 0) is 76.1 Å². The fraction of sp³-hybridized carbons (Fsp3) is 0.378. The van der Waals surface area contributed by atoms with Crippen LogP contribution in [0.25, 0.3) is 22.3 Å². The van der Waals surface area contributed by atoms with Crippen molar-refractivity contribution in [3.05, 3.63) is 83.8 Å². The number of nitrogens with one attached hydrogen (secondary N) is 2. The van der Waals surface area contributed by atoms with Crippen molar-refractivity contribution >= 4 is 40.8 Å². The van der Waals surface area contributed by atoms with Gasteiger partial charge < -0.3 is 23.9 Å². The van der Waals surface area contributed by atoms with Crippen molar-refractivity contribution in [1.82, 2.24) is 19.9 Å². The van der Waals surface area contributed by atoms with Crippen LogP contribution in [0.3, 0.4) is 0 Å². The molecular weight excluding hydrogens is 646 g/mol. The quantitative estimate of drug-likeness (QED) is 0.0916. The molecule has 49 heavy (non-hydrogen) atoms. The van der Waals surface area contributed by atoms with E-state index in [4.69, 9.17) is 30.5 Å². The molecule has 1 saturated carbocycles. The van der Waals surface area contributed by atoms with E-state index in [0.29, 0.717) is 16.7 Å². The summed E-state index contributed by atoms with van der Waals surface area (Å²) in [6.07, 6.45) is 15.1. The molecule has 1 saturated heterocycles. The number of nitrogens with zero attached hydrogens (tertiary/aromatic N) is 3. The van der Waals surface area contributed by atoms with Crippen molar-refractivity contribution in [3.63, 3.8) is 0 Å². The number of anilines is 1. The first-order valence-electron chi connectivity index (χ1n) is 15.9. The number of terminal acetylenes is 1. The Bertz CT molecular complexity index is 1660. The van der Waals surface area contributed by atoms with Crippen molar-refractivity contribution in [1.29, 1.82) is 0 Å². The minimum atomic E-state index is -0.645. The number of hydrogen-bond acceptors (Lipinski definition) is 9. The molecule has 2 N–H and O–H groups in total. The number of halogens is 1. The summed E-state index contributed by atoms with van der Waals surface area (Å²) < 4.78 is 20.8. The first kappa shape index (κ1) is 38.7. The van der Waals surface area contributed by atoms with Crippen LogP contribution in [0.15, 0.2) is 73.1 Å². The number of esters is 1. The maximum absolute atomic E-state index is 12.1. The van der Waals surface area contributed by atoms with Crippen molar-refractivity contribution in [2.75, 3.05) is 19.0 Å². The molecule has 6 rings (SSSR count). The lowest BCUT2D eigenvalue weighted by atomic mass is 10.0. The van der Waals surface area contributed by atoms with Crippen LogP contribution in [-0.2, 0) is 18.9 Å². The van der Waals surface area contributed by atoms with Crippen molar-refractivity contribution in [2.45, 2.75) is 77.3 Å². The van der Waals surface area contributed by atoms with Gasteiger partial charge in [0.05, 0.1) is 11.9 Å². The molecule has 1 aliphatic heterocycles. The topological polar surface area (TPSA) is 138 Å². The number of benzene rings is 2. The van der Waals surface area contributed by atoms with Gasteiger partial charge in [0.2, 0.25) is 5.95 Å². The molecule has 260 valence electrons. The van der Waals surface area contributed by atoms with E-state index in [0.717, 1.165) is 43.4 Å². The Kier molecular flexibility index (Phi) is 15.2. The number of fused-ring (bicyclic) bond motifs is 1. The predicted octanol–water partition coefficient (Wildman–Crippen LogP) is 8.38. The normalized spacial score (nSPS) is 16.8. The van der Waals surface area contributed by atoms with Gasteiger partial charge in [-0.3, -0.25) is 5.32 Å². The van der Waals surface area contributed by atoms with Gasteiger partial charge in [-0.25, -0.2) is 14.6 Å². The zero-order valence-corrected chi connectivity index (χ0v) is 29.2. The number of carbonyl (C=O) groups excluding carboxylic acids is 2. The van der Waals surface area contributed by atoms with Crippen LogP contribution >= 0.6 is 11.6 Å². The highest BCUT2D eigenvalue weighted by atomic mass is 35.5. The molecule has 2 atom stereocenters. The van der Waals surface area contributed by atoms with E-state index < -0.39 is 11.7 Å². The van der Waals surface area contributed by atoms with Gasteiger partial charge in [0.1, 0.15) is 17.2 Å². The van der Waals surface area contributed by atoms with Crippen molar-refractivity contribution in [2.24, 2.45) is 0 Å². The largest absolute Gasteiger partial charge is 0.458 e. The molecule has 4 aromatic rings. The number of ether oxygens (including phenoxy) is 4. The molecule has 0 bridgehead atoms. The minimum Gasteiger partial charge on any atom is -0.458 e. The van der Waals surface area contributed by atoms with E-state index in [1.807, 2.05) is 42.5 Å². The summed E-state index contributed by atoms with van der Waals surface area (Å²) in [5.41, 5.74) is 4.32. The Labute approximate surface area is 292 Å². The summed E-state index contributed by atoms with van der Waals surface area (Å²) >= 11 is 5.91. The molecule has 2 aromatic heterocycles. The maximum atomic E-state index is 12.1. The number of aromatic nitrogens is 4. The molecule has 0 spiro atoms. The third kappa shape index (κ3) is 13.0. The predicted molar refractivity (Wildman–Crippen MR) is 191 cm³/mol. The third-order valence-electron chi connectivity index (χ3n) is 7.09. The molecule has 12 heteroatoms. The number of amides is 1. The molecule has 1 unspecified atom stereocenters. The summed E-state index contributed by atoms with van der Waals surface area (Å²) in [7, 11) is 1.69. The lowest BCUT2D eigenvalue weighted by molar-refractivity contribution is -0.145. The van der Waals surface area contributed by atoms with Gasteiger partial charge in [-0.15, -0.1) is 12.8 Å². The monoisotopic (exact) mass is 689 g/mol. The number of H-pyrrole nitrogens is 1. The highest BCUT2D eigenvalue weighted by Crippen LogP contribution is 2.27. The van der Waals surface area contributed by atoms with Gasteiger partial charge in [0.25, 0.3) is 0 Å². The Morgan fingerprint density at radius 2 is 1.71 bits per heavy atom. The molecule has 2 aromatic carbocycles. The summed E-state index contributed by atoms with van der Waals surface area (Å²) in [5.74, 6) is -0.192. The number of imidazole rings is 1. The summed E-state index contributed by atoms with van der Waals surface area (Å²) in [6, 6.07) is 17.7. The van der Waals surface area contributed by atoms with Crippen LogP contribution in [0.2, 0.25) is 5.15 Å². The molecule has 3 heterocycles. The lowest BCUT2D eigenvalue weighted by Gasteiger charge is -2.20. The number of aromatic amines is 1. The highest BCUT2D eigenvalue weighted by Gasteiger charge is 2.22. The van der Waals surface area contributed by atoms with E-state index in [1.165, 1.54) is 24.7 Å². The molecule has 1 amide bonds. The number of methoxy groups -OCH3 is 1. The van der Waals surface area contributed by atoms with E-state index in [1.54, 1.807) is 27.9 Å². The second-order valence-corrected chi connectivity index (χ2v) is 12.4. The second-order valence-electron chi connectivity index (χ2n) is 12.1. The Morgan fingerprint density at radius 1 is 1.02 bits per heavy atom. The van der Waals surface area contributed by atoms with Crippen molar-refractivity contribution in [3.8, 4) is 24.0 Å². The molecule has 2 fully saturated rings. The summed E-state index contributed by atoms with van der Waals surface area (Å²) in [4.78, 5) is 38.3. The standard InChI is InChI=1S/C19H18O2.C10H12ClN5O2.C6H12O2.C2H2/c1-14-7-12-18(13-14)21-19(20)17-10-8-16(9-11-17)15-5-3-2-4-6-15;1-10(2,3)18-9(17)16-8-14-6(11)5-7(15-8)13-4-12-5;1-7-6-4-2-3-5-8-6;1-2/h2-6,8-11,18H,1,7,12-13H2;4H,1-3H3,(H2,12,13,14,15,16,17);6H,2-5H2,1H3;1-2H/t18-;;;/m0.../s1. The molecular formula is C37H44ClN5O6. The van der Waals surface area contributed by atoms with Crippen LogP contribution in [-0.4, -0.2) is 63.7 Å². The highest BCUT2D eigenvalue weighted by molar-refractivity contribution is 6.33. The van der Waals surface area contributed by atoms with Gasteiger partial charge in [-0.2, -0.15) is 9.97 Å². The van der Waals surface area contributed by atoms with Gasteiger partial charge >= 0.3 is 12.1 Å². The van der Waals surface area contributed by atoms with Crippen LogP contribution in [0, 0.1) is 12.8 Å². The van der Waals surface area contributed by atoms with Crippen LogP contribution in [0.1, 0.15) is 69.7 Å². The smallest absolute Gasteiger partial charge is 0.414 e. The average molecular weight is 690 g/mol. The SMILES string of the molecule is C#C.C=C1CC[C@H](OC(=O)c2ccc(-c3ccccc3)cc2)C1.CC(C)(C)OC(=O)Nc1nc(Cl)c2[nH]cnc2n1.COC1CCCCO1. The van der Waals surface area contributed by atoms with Gasteiger partial charge in [0.15, 0.2) is 17.1 Å².